The monoisotopic (exact) mass is 555 g/mol. The van der Waals surface area contributed by atoms with Crippen LogP contribution < -0.4 is 16.0 Å². The van der Waals surface area contributed by atoms with Crippen LogP contribution in [0.3, 0.4) is 0 Å². The highest BCUT2D eigenvalue weighted by molar-refractivity contribution is 14.0. The second-order valence-electron chi connectivity index (χ2n) is 7.10. The third-order valence-electron chi connectivity index (χ3n) is 5.04. The molecular weight excluding hydrogens is 526 g/mol. The number of carbonyl (C=O) groups excluding carboxylic acids is 1. The molecule has 0 atom stereocenters. The summed E-state index contributed by atoms with van der Waals surface area (Å²) in [5.41, 5.74) is -5.28. The van der Waals surface area contributed by atoms with Crippen LogP contribution >= 0.6 is 24.0 Å². The minimum Gasteiger partial charge on any atom is -0.354 e. The summed E-state index contributed by atoms with van der Waals surface area (Å²) in [4.78, 5) is 16.0. The van der Waals surface area contributed by atoms with Gasteiger partial charge >= 0.3 is 15.5 Å². The van der Waals surface area contributed by atoms with Crippen LogP contribution in [0.25, 0.3) is 0 Å². The predicted molar refractivity (Wildman–Crippen MR) is 114 cm³/mol. The highest BCUT2D eigenvalue weighted by Crippen LogP contribution is 2.28. The second kappa shape index (κ2) is 11.5. The molecule has 0 aromatic carbocycles. The molecule has 1 amide bonds. The molecule has 2 rings (SSSR count). The van der Waals surface area contributed by atoms with E-state index in [-0.39, 0.29) is 74.4 Å². The number of hydrogen-bond acceptors (Lipinski definition) is 4. The van der Waals surface area contributed by atoms with Crippen LogP contribution in [0.2, 0.25) is 0 Å². The number of guanidine groups is 1. The molecule has 0 radical (unpaired) electrons. The SMILES string of the molecule is CN=C(NCC(=O)NC1CCCCC1)NC1CCN(S(=O)(=O)C(F)(F)F)CC1.I. The van der Waals surface area contributed by atoms with Gasteiger partial charge in [-0.25, -0.2) is 8.42 Å². The zero-order valence-corrected chi connectivity index (χ0v) is 19.4. The van der Waals surface area contributed by atoms with Crippen LogP contribution in [0.5, 0.6) is 0 Å². The lowest BCUT2D eigenvalue weighted by atomic mass is 9.95. The molecule has 0 aromatic heterocycles. The Morgan fingerprint density at radius 1 is 1.03 bits per heavy atom. The fourth-order valence-electron chi connectivity index (χ4n) is 3.46. The minimum absolute atomic E-state index is 0. The molecular formula is C16H29F3IN5O3S. The van der Waals surface area contributed by atoms with E-state index < -0.39 is 15.5 Å². The number of aliphatic imine (C=N–C) groups is 1. The van der Waals surface area contributed by atoms with Crippen LogP contribution in [0, 0.1) is 0 Å². The maximum absolute atomic E-state index is 12.6. The first kappa shape index (κ1) is 26.2. The molecule has 1 aliphatic carbocycles. The summed E-state index contributed by atoms with van der Waals surface area (Å²) in [6.07, 6.45) is 5.82. The number of nitrogens with one attached hydrogen (secondary N) is 3. The van der Waals surface area contributed by atoms with Crippen LogP contribution in [0.15, 0.2) is 4.99 Å². The van der Waals surface area contributed by atoms with Gasteiger partial charge in [0.15, 0.2) is 5.96 Å². The molecule has 0 spiro atoms. The van der Waals surface area contributed by atoms with Gasteiger partial charge in [-0.1, -0.05) is 19.3 Å². The Labute approximate surface area is 186 Å². The van der Waals surface area contributed by atoms with Gasteiger partial charge in [0.05, 0.1) is 6.54 Å². The van der Waals surface area contributed by atoms with E-state index in [1.54, 1.807) is 0 Å². The van der Waals surface area contributed by atoms with E-state index in [1.165, 1.54) is 13.5 Å². The number of rotatable bonds is 5. The van der Waals surface area contributed by atoms with Crippen LogP contribution in [0.4, 0.5) is 13.2 Å². The maximum atomic E-state index is 12.6. The summed E-state index contributed by atoms with van der Waals surface area (Å²) in [6.45, 7) is -0.408. The van der Waals surface area contributed by atoms with E-state index in [1.807, 2.05) is 0 Å². The fraction of sp³-hybridized carbons (Fsp3) is 0.875. The van der Waals surface area contributed by atoms with Crippen molar-refractivity contribution in [1.82, 2.24) is 20.3 Å². The van der Waals surface area contributed by atoms with E-state index in [9.17, 15) is 26.4 Å². The molecule has 170 valence electrons. The first-order valence-electron chi connectivity index (χ1n) is 9.46. The van der Waals surface area contributed by atoms with Crippen LogP contribution in [0.1, 0.15) is 44.9 Å². The van der Waals surface area contributed by atoms with Gasteiger partial charge in [0.2, 0.25) is 5.91 Å². The predicted octanol–water partition coefficient (Wildman–Crippen LogP) is 1.53. The standard InChI is InChI=1S/C16H28F3N5O3S.HI/c1-20-15(21-11-14(25)22-12-5-3-2-4-6-12)23-13-7-9-24(10-8-13)28(26,27)16(17,18)19;/h12-13H,2-11H2,1H3,(H,22,25)(H2,20,21,23);1H. The number of piperidine rings is 1. The molecule has 1 saturated heterocycles. The zero-order valence-electron chi connectivity index (χ0n) is 16.3. The Kier molecular flexibility index (Phi) is 10.4. The van der Waals surface area contributed by atoms with Gasteiger partial charge in [-0.05, 0) is 25.7 Å². The maximum Gasteiger partial charge on any atom is 0.511 e. The van der Waals surface area contributed by atoms with Crippen LogP contribution in [-0.2, 0) is 14.8 Å². The third kappa shape index (κ3) is 7.74. The fourth-order valence-corrected chi connectivity index (χ4v) is 4.45. The number of halogens is 4. The number of sulfonamides is 1. The van der Waals surface area contributed by atoms with Crippen molar-refractivity contribution in [1.29, 1.82) is 0 Å². The van der Waals surface area contributed by atoms with Gasteiger partial charge in [0, 0.05) is 32.2 Å². The van der Waals surface area contributed by atoms with E-state index in [2.05, 4.69) is 20.9 Å². The summed E-state index contributed by atoms with van der Waals surface area (Å²) in [5, 5.41) is 8.89. The largest absolute Gasteiger partial charge is 0.511 e. The Morgan fingerprint density at radius 2 is 1.59 bits per heavy atom. The van der Waals surface area contributed by atoms with E-state index >= 15 is 0 Å². The lowest BCUT2D eigenvalue weighted by Gasteiger charge is -2.32. The Morgan fingerprint density at radius 3 is 2.10 bits per heavy atom. The van der Waals surface area contributed by atoms with Crippen molar-refractivity contribution < 1.29 is 26.4 Å². The van der Waals surface area contributed by atoms with Crippen molar-refractivity contribution in [2.45, 2.75) is 62.5 Å². The van der Waals surface area contributed by atoms with E-state index in [0.717, 1.165) is 25.7 Å². The lowest BCUT2D eigenvalue weighted by molar-refractivity contribution is -0.120. The minimum atomic E-state index is -5.29. The molecule has 0 unspecified atom stereocenters. The number of amides is 1. The van der Waals surface area contributed by atoms with Crippen molar-refractivity contribution in [2.75, 3.05) is 26.7 Å². The van der Waals surface area contributed by atoms with Gasteiger partial charge in [-0.3, -0.25) is 9.79 Å². The lowest BCUT2D eigenvalue weighted by Crippen LogP contribution is -2.52. The summed E-state index contributed by atoms with van der Waals surface area (Å²) < 4.78 is 61.2. The molecule has 13 heteroatoms. The number of hydrogen-bond donors (Lipinski definition) is 3. The molecule has 1 saturated carbocycles. The molecule has 8 nitrogen and oxygen atoms in total. The molecule has 1 aliphatic heterocycles. The van der Waals surface area contributed by atoms with E-state index in [4.69, 9.17) is 0 Å². The Bertz CT molecular complexity index is 661. The third-order valence-corrected chi connectivity index (χ3v) is 6.67. The number of carbonyl (C=O) groups is 1. The molecule has 29 heavy (non-hydrogen) atoms. The van der Waals surface area contributed by atoms with Crippen molar-refractivity contribution in [3.8, 4) is 0 Å². The highest BCUT2D eigenvalue weighted by atomic mass is 127. The molecule has 1 heterocycles. The average Bonchev–Trinajstić information content (AvgIpc) is 2.65. The summed E-state index contributed by atoms with van der Waals surface area (Å²) in [6, 6.07) is -0.0229. The van der Waals surface area contributed by atoms with Crippen molar-refractivity contribution >= 4 is 45.9 Å². The smallest absolute Gasteiger partial charge is 0.354 e. The second-order valence-corrected chi connectivity index (χ2v) is 9.03. The molecule has 2 fully saturated rings. The molecule has 2 aliphatic rings. The van der Waals surface area contributed by atoms with Crippen molar-refractivity contribution in [3.05, 3.63) is 0 Å². The first-order valence-corrected chi connectivity index (χ1v) is 10.9. The van der Waals surface area contributed by atoms with Crippen LogP contribution in [-0.4, -0.2) is 68.9 Å². The van der Waals surface area contributed by atoms with E-state index in [0.29, 0.717) is 10.3 Å². The van der Waals surface area contributed by atoms with Gasteiger partial charge in [0.25, 0.3) is 0 Å². The van der Waals surface area contributed by atoms with Gasteiger partial charge in [-0.2, -0.15) is 17.5 Å². The van der Waals surface area contributed by atoms with Gasteiger partial charge in [-0.15, -0.1) is 24.0 Å². The highest BCUT2D eigenvalue weighted by Gasteiger charge is 2.50. The van der Waals surface area contributed by atoms with Crippen molar-refractivity contribution in [3.63, 3.8) is 0 Å². The Balaban J connectivity index is 0.00000420. The number of nitrogens with zero attached hydrogens (tertiary/aromatic N) is 2. The van der Waals surface area contributed by atoms with Gasteiger partial charge < -0.3 is 16.0 Å². The summed E-state index contributed by atoms with van der Waals surface area (Å²) in [7, 11) is -3.76. The van der Waals surface area contributed by atoms with Gasteiger partial charge in [0.1, 0.15) is 0 Å². The normalized spacial score (nSPS) is 20.6. The number of alkyl halides is 3. The summed E-state index contributed by atoms with van der Waals surface area (Å²) in [5.74, 6) is 0.219. The zero-order chi connectivity index (χ0) is 20.8. The molecule has 0 bridgehead atoms. The topological polar surface area (TPSA) is 103 Å². The Hall–Kier alpha value is -0.830. The quantitative estimate of drug-likeness (QED) is 0.272. The molecule has 0 aromatic rings. The van der Waals surface area contributed by atoms with Crippen molar-refractivity contribution in [2.24, 2.45) is 4.99 Å². The average molecular weight is 555 g/mol. The molecule has 3 N–H and O–H groups in total. The first-order chi connectivity index (χ1) is 13.1. The summed E-state index contributed by atoms with van der Waals surface area (Å²) >= 11 is 0.